The molecule has 5 nitrogen and oxygen atoms in total. The SMILES string of the molecule is Cc1c(N(C(=O)c2ccc(I)cc2)C(C)C)c(=O)n(-c2ccccc2)n1C. The molecular weight excluding hydrogens is 453 g/mol. The Morgan fingerprint density at radius 1 is 1.04 bits per heavy atom. The molecule has 3 rings (SSSR count). The second kappa shape index (κ2) is 7.72. The van der Waals surface area contributed by atoms with E-state index in [2.05, 4.69) is 22.6 Å². The predicted octanol–water partition coefficient (Wildman–Crippen LogP) is 4.14. The lowest BCUT2D eigenvalue weighted by Crippen LogP contribution is -2.40. The van der Waals surface area contributed by atoms with E-state index < -0.39 is 0 Å². The molecule has 1 aromatic heterocycles. The monoisotopic (exact) mass is 475 g/mol. The number of para-hydroxylation sites is 1. The first-order chi connectivity index (χ1) is 12.8. The fourth-order valence-electron chi connectivity index (χ4n) is 3.16. The van der Waals surface area contributed by atoms with E-state index in [0.29, 0.717) is 11.3 Å². The van der Waals surface area contributed by atoms with Gasteiger partial charge in [-0.1, -0.05) is 18.2 Å². The molecule has 0 radical (unpaired) electrons. The van der Waals surface area contributed by atoms with Gasteiger partial charge in [0.05, 0.1) is 11.4 Å². The van der Waals surface area contributed by atoms with Crippen LogP contribution in [-0.2, 0) is 7.05 Å². The number of halogens is 1. The largest absolute Gasteiger partial charge is 0.299 e. The third kappa shape index (κ3) is 3.58. The molecule has 0 fully saturated rings. The van der Waals surface area contributed by atoms with Crippen LogP contribution < -0.4 is 10.5 Å². The number of hydrogen-bond acceptors (Lipinski definition) is 2. The smallest absolute Gasteiger partial charge is 0.295 e. The number of hydrogen-bond donors (Lipinski definition) is 0. The molecule has 0 spiro atoms. The maximum Gasteiger partial charge on any atom is 0.295 e. The van der Waals surface area contributed by atoms with Crippen LogP contribution in [0.3, 0.4) is 0 Å². The zero-order valence-corrected chi connectivity index (χ0v) is 18.0. The minimum Gasteiger partial charge on any atom is -0.299 e. The Morgan fingerprint density at radius 2 is 1.63 bits per heavy atom. The minimum atomic E-state index is -0.200. The van der Waals surface area contributed by atoms with Crippen molar-refractivity contribution < 1.29 is 4.79 Å². The lowest BCUT2D eigenvalue weighted by atomic mass is 10.1. The van der Waals surface area contributed by atoms with E-state index in [1.807, 2.05) is 70.3 Å². The summed E-state index contributed by atoms with van der Waals surface area (Å²) in [4.78, 5) is 28.1. The van der Waals surface area contributed by atoms with Crippen molar-refractivity contribution in [3.05, 3.63) is 79.8 Å². The van der Waals surface area contributed by atoms with E-state index in [1.54, 1.807) is 26.4 Å². The maximum absolute atomic E-state index is 13.3. The second-order valence-electron chi connectivity index (χ2n) is 6.69. The highest BCUT2D eigenvalue weighted by Gasteiger charge is 2.28. The van der Waals surface area contributed by atoms with Crippen molar-refractivity contribution in [2.45, 2.75) is 26.8 Å². The molecule has 1 amide bonds. The fourth-order valence-corrected chi connectivity index (χ4v) is 3.52. The van der Waals surface area contributed by atoms with Crippen LogP contribution >= 0.6 is 22.6 Å². The molecule has 0 aliphatic carbocycles. The van der Waals surface area contributed by atoms with Gasteiger partial charge in [0.1, 0.15) is 5.69 Å². The molecule has 0 unspecified atom stereocenters. The minimum absolute atomic E-state index is 0.158. The molecule has 0 saturated heterocycles. The Bertz CT molecular complexity index is 1020. The van der Waals surface area contributed by atoms with Crippen LogP contribution in [0.2, 0.25) is 0 Å². The quantitative estimate of drug-likeness (QED) is 0.533. The van der Waals surface area contributed by atoms with Gasteiger partial charge in [0, 0.05) is 22.2 Å². The van der Waals surface area contributed by atoms with Gasteiger partial charge in [0.2, 0.25) is 0 Å². The van der Waals surface area contributed by atoms with Gasteiger partial charge in [-0.3, -0.25) is 19.2 Å². The number of benzene rings is 2. The van der Waals surface area contributed by atoms with Crippen LogP contribution in [0.15, 0.2) is 59.4 Å². The number of rotatable bonds is 4. The van der Waals surface area contributed by atoms with Gasteiger partial charge >= 0.3 is 0 Å². The molecule has 2 aromatic carbocycles. The summed E-state index contributed by atoms with van der Waals surface area (Å²) in [7, 11) is 1.83. The lowest BCUT2D eigenvalue weighted by molar-refractivity contribution is 0.0980. The van der Waals surface area contributed by atoms with E-state index in [9.17, 15) is 9.59 Å². The number of carbonyl (C=O) groups is 1. The second-order valence-corrected chi connectivity index (χ2v) is 7.93. The Balaban J connectivity index is 2.16. The molecule has 0 aliphatic heterocycles. The first-order valence-electron chi connectivity index (χ1n) is 8.76. The van der Waals surface area contributed by atoms with Gasteiger partial charge in [0.15, 0.2) is 0 Å². The van der Waals surface area contributed by atoms with Crippen LogP contribution in [0.1, 0.15) is 29.9 Å². The number of carbonyl (C=O) groups excluding carboxylic acids is 1. The fraction of sp³-hybridized carbons (Fsp3) is 0.238. The Hall–Kier alpha value is -2.35. The zero-order valence-electron chi connectivity index (χ0n) is 15.8. The first-order valence-corrected chi connectivity index (χ1v) is 9.84. The number of aromatic nitrogens is 2. The van der Waals surface area contributed by atoms with Gasteiger partial charge in [-0.2, -0.15) is 0 Å². The van der Waals surface area contributed by atoms with Gasteiger partial charge in [-0.15, -0.1) is 0 Å². The Labute approximate surface area is 172 Å². The third-order valence-corrected chi connectivity index (χ3v) is 5.31. The van der Waals surface area contributed by atoms with Crippen LogP contribution in [0.5, 0.6) is 0 Å². The number of nitrogens with zero attached hydrogens (tertiary/aromatic N) is 3. The maximum atomic E-state index is 13.3. The van der Waals surface area contributed by atoms with Crippen LogP contribution in [0.4, 0.5) is 5.69 Å². The van der Waals surface area contributed by atoms with Crippen molar-refractivity contribution in [3.8, 4) is 5.69 Å². The molecule has 1 heterocycles. The van der Waals surface area contributed by atoms with E-state index in [4.69, 9.17) is 0 Å². The van der Waals surface area contributed by atoms with Gasteiger partial charge in [-0.25, -0.2) is 4.68 Å². The molecular formula is C21H22IN3O2. The van der Waals surface area contributed by atoms with Crippen LogP contribution in [0.25, 0.3) is 5.69 Å². The van der Waals surface area contributed by atoms with Crippen molar-refractivity contribution in [2.75, 3.05) is 4.90 Å². The molecule has 0 saturated carbocycles. The lowest BCUT2D eigenvalue weighted by Gasteiger charge is -2.25. The van der Waals surface area contributed by atoms with E-state index in [1.165, 1.54) is 0 Å². The molecule has 0 aliphatic rings. The normalized spacial score (nSPS) is 11.0. The highest BCUT2D eigenvalue weighted by atomic mass is 127. The van der Waals surface area contributed by atoms with Crippen molar-refractivity contribution in [1.29, 1.82) is 0 Å². The predicted molar refractivity (Wildman–Crippen MR) is 117 cm³/mol. The highest BCUT2D eigenvalue weighted by molar-refractivity contribution is 14.1. The summed E-state index contributed by atoms with van der Waals surface area (Å²) >= 11 is 2.21. The molecule has 3 aromatic rings. The van der Waals surface area contributed by atoms with Gasteiger partial charge < -0.3 is 0 Å². The topological polar surface area (TPSA) is 47.2 Å². The molecule has 6 heteroatoms. The van der Waals surface area contributed by atoms with Crippen LogP contribution in [-0.4, -0.2) is 21.3 Å². The molecule has 0 atom stereocenters. The highest BCUT2D eigenvalue weighted by Crippen LogP contribution is 2.23. The van der Waals surface area contributed by atoms with Gasteiger partial charge in [0.25, 0.3) is 11.5 Å². The van der Waals surface area contributed by atoms with E-state index in [0.717, 1.165) is 15.0 Å². The summed E-state index contributed by atoms with van der Waals surface area (Å²) in [6, 6.07) is 16.7. The Morgan fingerprint density at radius 3 is 2.19 bits per heavy atom. The first kappa shape index (κ1) is 19.4. The van der Waals surface area contributed by atoms with Crippen LogP contribution in [0, 0.1) is 10.5 Å². The van der Waals surface area contributed by atoms with E-state index >= 15 is 0 Å². The van der Waals surface area contributed by atoms with Crippen molar-refractivity contribution in [1.82, 2.24) is 9.36 Å². The summed E-state index contributed by atoms with van der Waals surface area (Å²) in [5, 5.41) is 0. The van der Waals surface area contributed by atoms with Crippen molar-refractivity contribution >= 4 is 34.2 Å². The number of anilines is 1. The van der Waals surface area contributed by atoms with Crippen molar-refractivity contribution in [2.24, 2.45) is 7.05 Å². The number of amides is 1. The van der Waals surface area contributed by atoms with E-state index in [-0.39, 0.29) is 17.5 Å². The summed E-state index contributed by atoms with van der Waals surface area (Å²) in [6.07, 6.45) is 0. The standard InChI is InChI=1S/C21H22IN3O2/c1-14(2)24(20(26)16-10-12-17(22)13-11-16)19-15(3)23(4)25(21(19)27)18-8-6-5-7-9-18/h5-14H,1-4H3. The summed E-state index contributed by atoms with van der Waals surface area (Å²) in [5.41, 5.74) is 2.30. The molecule has 140 valence electrons. The summed E-state index contributed by atoms with van der Waals surface area (Å²) in [6.45, 7) is 5.71. The average Bonchev–Trinajstić information content (AvgIpc) is 2.86. The van der Waals surface area contributed by atoms with Gasteiger partial charge in [-0.05, 0) is 79.8 Å². The summed E-state index contributed by atoms with van der Waals surface area (Å²) in [5.74, 6) is -0.174. The molecule has 27 heavy (non-hydrogen) atoms. The molecule has 0 N–H and O–H groups in total. The Kier molecular flexibility index (Phi) is 5.55. The molecule has 0 bridgehead atoms. The van der Waals surface area contributed by atoms with Crippen molar-refractivity contribution in [3.63, 3.8) is 0 Å². The third-order valence-electron chi connectivity index (χ3n) is 4.59. The average molecular weight is 475 g/mol. The summed E-state index contributed by atoms with van der Waals surface area (Å²) < 4.78 is 4.45. The zero-order chi connectivity index (χ0) is 19.7.